The zero-order valence-electron chi connectivity index (χ0n) is 5.61. The average molecular weight is 137 g/mol. The fourth-order valence-corrected chi connectivity index (χ4v) is 0.964. The van der Waals surface area contributed by atoms with Crippen LogP contribution in [-0.4, -0.2) is 11.8 Å². The van der Waals surface area contributed by atoms with Crippen molar-refractivity contribution in [2.24, 2.45) is 5.11 Å². The molecule has 0 heterocycles. The zero-order chi connectivity index (χ0) is 7.56. The maximum absolute atomic E-state index is 10.8. The van der Waals surface area contributed by atoms with Gasteiger partial charge in [-0.1, -0.05) is 10.7 Å². The van der Waals surface area contributed by atoms with Gasteiger partial charge < -0.3 is 0 Å². The van der Waals surface area contributed by atoms with Crippen molar-refractivity contribution in [1.29, 1.82) is 0 Å². The topological polar surface area (TPSA) is 65.8 Å². The van der Waals surface area contributed by atoms with Crippen LogP contribution in [0.4, 0.5) is 0 Å². The lowest BCUT2D eigenvalue weighted by atomic mass is 10.2. The molecule has 0 bridgehead atoms. The lowest BCUT2D eigenvalue weighted by Gasteiger charge is -1.94. The fraction of sp³-hybridized carbons (Fsp3) is 0.500. The van der Waals surface area contributed by atoms with E-state index < -0.39 is 6.04 Å². The highest BCUT2D eigenvalue weighted by molar-refractivity contribution is 5.97. The smallest absolute Gasteiger partial charge is 0.164 e. The molecule has 0 N–H and O–H groups in total. The Morgan fingerprint density at radius 1 is 1.90 bits per heavy atom. The number of rotatable bonds is 1. The van der Waals surface area contributed by atoms with Crippen LogP contribution < -0.4 is 0 Å². The highest BCUT2D eigenvalue weighted by Gasteiger charge is 2.20. The van der Waals surface area contributed by atoms with Gasteiger partial charge in [-0.25, -0.2) is 0 Å². The van der Waals surface area contributed by atoms with Gasteiger partial charge in [0, 0.05) is 4.91 Å². The zero-order valence-corrected chi connectivity index (χ0v) is 5.61. The van der Waals surface area contributed by atoms with Crippen molar-refractivity contribution in [2.45, 2.75) is 19.4 Å². The lowest BCUT2D eigenvalue weighted by Crippen LogP contribution is -2.08. The molecule has 0 aliphatic heterocycles. The predicted octanol–water partition coefficient (Wildman–Crippen LogP) is 1.58. The molecule has 4 heteroatoms. The molecule has 1 aliphatic carbocycles. The highest BCUT2D eigenvalue weighted by atomic mass is 16.1. The van der Waals surface area contributed by atoms with Crippen molar-refractivity contribution < 1.29 is 4.79 Å². The van der Waals surface area contributed by atoms with Gasteiger partial charge in [0.2, 0.25) is 0 Å². The highest BCUT2D eigenvalue weighted by Crippen LogP contribution is 2.17. The Balaban J connectivity index is 2.73. The maximum atomic E-state index is 10.8. The van der Waals surface area contributed by atoms with Crippen LogP contribution in [0.1, 0.15) is 13.3 Å². The number of nitrogens with zero attached hydrogens (tertiary/aromatic N) is 3. The van der Waals surface area contributed by atoms with Gasteiger partial charge in [-0.2, -0.15) is 0 Å². The van der Waals surface area contributed by atoms with Crippen molar-refractivity contribution in [1.82, 2.24) is 0 Å². The number of hydrogen-bond acceptors (Lipinski definition) is 2. The quantitative estimate of drug-likeness (QED) is 0.307. The molecular formula is C6H7N3O. The van der Waals surface area contributed by atoms with E-state index >= 15 is 0 Å². The summed E-state index contributed by atoms with van der Waals surface area (Å²) in [5.41, 5.74) is 9.00. The summed E-state index contributed by atoms with van der Waals surface area (Å²) in [5, 5.41) is 3.33. The Labute approximate surface area is 58.2 Å². The van der Waals surface area contributed by atoms with Gasteiger partial charge in [-0.15, -0.1) is 0 Å². The SMILES string of the molecule is CC1=CC(=O)C(N=[N+]=[N-])C1. The molecule has 1 rings (SSSR count). The van der Waals surface area contributed by atoms with Crippen molar-refractivity contribution in [2.75, 3.05) is 0 Å². The molecule has 0 amide bonds. The first-order valence-corrected chi connectivity index (χ1v) is 2.99. The summed E-state index contributed by atoms with van der Waals surface area (Å²) in [6.07, 6.45) is 2.11. The van der Waals surface area contributed by atoms with E-state index in [0.29, 0.717) is 6.42 Å². The number of ketones is 1. The molecular weight excluding hydrogens is 130 g/mol. The van der Waals surface area contributed by atoms with Gasteiger partial charge in [0.25, 0.3) is 0 Å². The third kappa shape index (κ3) is 1.17. The van der Waals surface area contributed by atoms with E-state index in [-0.39, 0.29) is 5.78 Å². The molecule has 52 valence electrons. The molecule has 0 saturated heterocycles. The monoisotopic (exact) mass is 137 g/mol. The van der Waals surface area contributed by atoms with Crippen LogP contribution in [-0.2, 0) is 4.79 Å². The first kappa shape index (κ1) is 6.83. The third-order valence-electron chi connectivity index (χ3n) is 1.42. The molecule has 0 saturated carbocycles. The molecule has 1 atom stereocenters. The molecule has 0 aromatic rings. The second kappa shape index (κ2) is 2.54. The molecule has 4 nitrogen and oxygen atoms in total. The second-order valence-corrected chi connectivity index (χ2v) is 2.32. The van der Waals surface area contributed by atoms with Gasteiger partial charge >= 0.3 is 0 Å². The van der Waals surface area contributed by atoms with Crippen LogP contribution in [0, 0.1) is 0 Å². The molecule has 1 aliphatic rings. The maximum Gasteiger partial charge on any atom is 0.164 e. The standard InChI is InChI=1S/C6H7N3O/c1-4-2-5(8-9-7)6(10)3-4/h3,5H,2H2,1H3. The average Bonchev–Trinajstić information content (AvgIpc) is 2.13. The van der Waals surface area contributed by atoms with E-state index in [2.05, 4.69) is 10.0 Å². The largest absolute Gasteiger partial charge is 0.294 e. The molecule has 0 aromatic carbocycles. The minimum absolute atomic E-state index is 0.0738. The van der Waals surface area contributed by atoms with Crippen LogP contribution in [0.25, 0.3) is 10.4 Å². The van der Waals surface area contributed by atoms with E-state index in [1.54, 1.807) is 0 Å². The van der Waals surface area contributed by atoms with Crippen LogP contribution in [0.2, 0.25) is 0 Å². The van der Waals surface area contributed by atoms with Gasteiger partial charge in [0.15, 0.2) is 5.78 Å². The van der Waals surface area contributed by atoms with Crippen molar-refractivity contribution in [3.8, 4) is 0 Å². The van der Waals surface area contributed by atoms with E-state index in [4.69, 9.17) is 5.53 Å². The van der Waals surface area contributed by atoms with E-state index in [1.807, 2.05) is 6.92 Å². The summed E-state index contributed by atoms with van der Waals surface area (Å²) in [6, 6.07) is -0.468. The summed E-state index contributed by atoms with van der Waals surface area (Å²) in [6.45, 7) is 1.85. The van der Waals surface area contributed by atoms with Crippen molar-refractivity contribution >= 4 is 5.78 Å². The van der Waals surface area contributed by atoms with Crippen LogP contribution >= 0.6 is 0 Å². The van der Waals surface area contributed by atoms with Crippen molar-refractivity contribution in [3.63, 3.8) is 0 Å². The van der Waals surface area contributed by atoms with Gasteiger partial charge in [-0.3, -0.25) is 4.79 Å². The van der Waals surface area contributed by atoms with Gasteiger partial charge in [0.1, 0.15) is 6.04 Å². The minimum atomic E-state index is -0.468. The Bertz CT molecular complexity index is 237. The van der Waals surface area contributed by atoms with Crippen LogP contribution in [0.15, 0.2) is 16.8 Å². The van der Waals surface area contributed by atoms with Crippen LogP contribution in [0.5, 0.6) is 0 Å². The molecule has 0 fully saturated rings. The fourth-order valence-electron chi connectivity index (χ4n) is 0.964. The summed E-state index contributed by atoms with van der Waals surface area (Å²) < 4.78 is 0. The van der Waals surface area contributed by atoms with E-state index in [1.165, 1.54) is 6.08 Å². The van der Waals surface area contributed by atoms with E-state index in [0.717, 1.165) is 5.57 Å². The molecule has 1 unspecified atom stereocenters. The first-order chi connectivity index (χ1) is 4.74. The summed E-state index contributed by atoms with van der Waals surface area (Å²) in [7, 11) is 0. The Morgan fingerprint density at radius 2 is 2.60 bits per heavy atom. The Hall–Kier alpha value is -1.28. The molecule has 0 aromatic heterocycles. The summed E-state index contributed by atoms with van der Waals surface area (Å²) >= 11 is 0. The first-order valence-electron chi connectivity index (χ1n) is 2.99. The second-order valence-electron chi connectivity index (χ2n) is 2.32. The number of azide groups is 1. The molecule has 0 radical (unpaired) electrons. The third-order valence-corrected chi connectivity index (χ3v) is 1.42. The Morgan fingerprint density at radius 3 is 3.00 bits per heavy atom. The number of carbonyl (C=O) groups excluding carboxylic acids is 1. The predicted molar refractivity (Wildman–Crippen MR) is 36.3 cm³/mol. The van der Waals surface area contributed by atoms with Gasteiger partial charge in [-0.05, 0) is 25.0 Å². The molecule has 0 spiro atoms. The lowest BCUT2D eigenvalue weighted by molar-refractivity contribution is -0.115. The summed E-state index contributed by atoms with van der Waals surface area (Å²) in [5.74, 6) is -0.0738. The molecule has 10 heavy (non-hydrogen) atoms. The normalized spacial score (nSPS) is 23.9. The van der Waals surface area contributed by atoms with Crippen molar-refractivity contribution in [3.05, 3.63) is 22.1 Å². The summed E-state index contributed by atoms with van der Waals surface area (Å²) in [4.78, 5) is 13.4. The number of carbonyl (C=O) groups is 1. The van der Waals surface area contributed by atoms with Crippen LogP contribution in [0.3, 0.4) is 0 Å². The number of hydrogen-bond donors (Lipinski definition) is 0. The minimum Gasteiger partial charge on any atom is -0.294 e. The van der Waals surface area contributed by atoms with Gasteiger partial charge in [0.05, 0.1) is 0 Å². The van der Waals surface area contributed by atoms with E-state index in [9.17, 15) is 4.79 Å². The Kier molecular flexibility index (Phi) is 1.73.